The Kier molecular flexibility index (Phi) is 5.05. The number of benzene rings is 1. The van der Waals surface area contributed by atoms with Gasteiger partial charge in [-0.25, -0.2) is 4.68 Å². The number of aliphatic hydroxyl groups is 1. The highest BCUT2D eigenvalue weighted by Crippen LogP contribution is 2.21. The zero-order valence-electron chi connectivity index (χ0n) is 12.2. The lowest BCUT2D eigenvalue weighted by Gasteiger charge is -2.11. The van der Waals surface area contributed by atoms with Gasteiger partial charge in [-0.05, 0) is 32.0 Å². The van der Waals surface area contributed by atoms with Gasteiger partial charge in [0.2, 0.25) is 0 Å². The highest BCUT2D eigenvalue weighted by atomic mass is 16.5. The van der Waals surface area contributed by atoms with E-state index < -0.39 is 0 Å². The number of rotatable bonds is 7. The fourth-order valence-corrected chi connectivity index (χ4v) is 2.04. The van der Waals surface area contributed by atoms with Crippen LogP contribution in [0.2, 0.25) is 0 Å². The highest BCUT2D eigenvalue weighted by Gasteiger charge is 2.10. The third-order valence-corrected chi connectivity index (χ3v) is 3.05. The van der Waals surface area contributed by atoms with Crippen molar-refractivity contribution in [3.63, 3.8) is 0 Å². The molecular formula is C15H19N3O3. The van der Waals surface area contributed by atoms with Crippen molar-refractivity contribution < 1.29 is 14.6 Å². The predicted molar refractivity (Wildman–Crippen MR) is 77.5 cm³/mol. The van der Waals surface area contributed by atoms with Crippen LogP contribution < -0.4 is 4.74 Å². The van der Waals surface area contributed by atoms with Crippen molar-refractivity contribution in [3.05, 3.63) is 41.2 Å². The number of nitrogens with zero attached hydrogens (tertiary/aromatic N) is 3. The molecule has 0 unspecified atom stereocenters. The normalized spacial score (nSPS) is 10.6. The number of ether oxygens (including phenoxy) is 1. The Morgan fingerprint density at radius 2 is 2.24 bits per heavy atom. The number of aliphatic hydroxyl groups excluding tert-OH is 1. The number of hydrogen-bond donors (Lipinski definition) is 1. The number of hydrogen-bond acceptors (Lipinski definition) is 5. The zero-order chi connectivity index (χ0) is 15.2. The van der Waals surface area contributed by atoms with Gasteiger partial charge in [-0.15, -0.1) is 5.10 Å². The van der Waals surface area contributed by atoms with Gasteiger partial charge in [-0.3, -0.25) is 4.79 Å². The molecule has 0 aliphatic carbocycles. The second-order valence-electron chi connectivity index (χ2n) is 4.69. The summed E-state index contributed by atoms with van der Waals surface area (Å²) < 4.78 is 7.26. The first kappa shape index (κ1) is 15.2. The molecule has 21 heavy (non-hydrogen) atoms. The van der Waals surface area contributed by atoms with E-state index in [1.165, 1.54) is 6.92 Å². The SMILES string of the molecule is CCOc1ccc(C(C)=O)cc1Cn1cc(CCO)nn1. The average Bonchev–Trinajstić information content (AvgIpc) is 2.88. The molecule has 1 N–H and O–H groups in total. The van der Waals surface area contributed by atoms with E-state index in [4.69, 9.17) is 9.84 Å². The van der Waals surface area contributed by atoms with E-state index in [1.807, 2.05) is 13.0 Å². The molecule has 2 aromatic rings. The van der Waals surface area contributed by atoms with Gasteiger partial charge < -0.3 is 9.84 Å². The van der Waals surface area contributed by atoms with Crippen LogP contribution >= 0.6 is 0 Å². The van der Waals surface area contributed by atoms with E-state index in [0.717, 1.165) is 17.0 Å². The first-order valence-electron chi connectivity index (χ1n) is 6.90. The van der Waals surface area contributed by atoms with Crippen LogP contribution in [0.1, 0.15) is 35.5 Å². The van der Waals surface area contributed by atoms with Crippen molar-refractivity contribution in [2.45, 2.75) is 26.8 Å². The van der Waals surface area contributed by atoms with E-state index in [9.17, 15) is 4.79 Å². The van der Waals surface area contributed by atoms with Crippen LogP contribution in [0.25, 0.3) is 0 Å². The molecule has 0 atom stereocenters. The van der Waals surface area contributed by atoms with Crippen LogP contribution in [0.4, 0.5) is 0 Å². The molecular weight excluding hydrogens is 270 g/mol. The van der Waals surface area contributed by atoms with Gasteiger partial charge in [0.1, 0.15) is 5.75 Å². The Morgan fingerprint density at radius 1 is 1.43 bits per heavy atom. The summed E-state index contributed by atoms with van der Waals surface area (Å²) in [6.07, 6.45) is 2.26. The minimum Gasteiger partial charge on any atom is -0.494 e. The zero-order valence-corrected chi connectivity index (χ0v) is 12.2. The Hall–Kier alpha value is -2.21. The summed E-state index contributed by atoms with van der Waals surface area (Å²) >= 11 is 0. The van der Waals surface area contributed by atoms with Crippen LogP contribution in [0.3, 0.4) is 0 Å². The molecule has 0 spiro atoms. The summed E-state index contributed by atoms with van der Waals surface area (Å²) in [6.45, 7) is 4.52. The Morgan fingerprint density at radius 3 is 2.90 bits per heavy atom. The van der Waals surface area contributed by atoms with Crippen LogP contribution in [0.5, 0.6) is 5.75 Å². The maximum Gasteiger partial charge on any atom is 0.159 e. The first-order chi connectivity index (χ1) is 10.1. The molecule has 112 valence electrons. The van der Waals surface area contributed by atoms with E-state index in [2.05, 4.69) is 10.3 Å². The van der Waals surface area contributed by atoms with E-state index in [0.29, 0.717) is 25.1 Å². The molecule has 1 aromatic heterocycles. The van der Waals surface area contributed by atoms with Gasteiger partial charge >= 0.3 is 0 Å². The summed E-state index contributed by atoms with van der Waals surface area (Å²) in [6, 6.07) is 5.39. The van der Waals surface area contributed by atoms with Gasteiger partial charge in [0.25, 0.3) is 0 Å². The summed E-state index contributed by atoms with van der Waals surface area (Å²) in [5.74, 6) is 0.751. The van der Waals surface area contributed by atoms with Crippen molar-refractivity contribution in [1.29, 1.82) is 0 Å². The van der Waals surface area contributed by atoms with E-state index in [-0.39, 0.29) is 12.4 Å². The predicted octanol–water partition coefficient (Wildman–Crippen LogP) is 1.46. The minimum atomic E-state index is 0.0128. The largest absolute Gasteiger partial charge is 0.494 e. The standard InChI is InChI=1S/C15H19N3O3/c1-3-21-15-5-4-12(11(2)20)8-13(15)9-18-10-14(6-7-19)16-17-18/h4-5,8,10,19H,3,6-7,9H2,1-2H3. The Balaban J connectivity index is 2.26. The van der Waals surface area contributed by atoms with Gasteiger partial charge in [0.05, 0.1) is 18.8 Å². The highest BCUT2D eigenvalue weighted by molar-refractivity contribution is 5.94. The van der Waals surface area contributed by atoms with Crippen molar-refractivity contribution >= 4 is 5.78 Å². The van der Waals surface area contributed by atoms with Crippen LogP contribution in [0, 0.1) is 0 Å². The summed E-state index contributed by atoms with van der Waals surface area (Å²) in [7, 11) is 0. The fourth-order valence-electron chi connectivity index (χ4n) is 2.04. The molecule has 0 aliphatic rings. The van der Waals surface area contributed by atoms with Crippen LogP contribution in [0.15, 0.2) is 24.4 Å². The Labute approximate surface area is 123 Å². The van der Waals surface area contributed by atoms with Crippen molar-refractivity contribution in [1.82, 2.24) is 15.0 Å². The molecule has 1 aromatic carbocycles. The molecule has 0 bridgehead atoms. The third-order valence-electron chi connectivity index (χ3n) is 3.05. The van der Waals surface area contributed by atoms with E-state index in [1.54, 1.807) is 23.0 Å². The van der Waals surface area contributed by atoms with Crippen molar-refractivity contribution in [2.24, 2.45) is 0 Å². The van der Waals surface area contributed by atoms with Crippen molar-refractivity contribution in [3.8, 4) is 5.75 Å². The van der Waals surface area contributed by atoms with Gasteiger partial charge in [0, 0.05) is 30.4 Å². The fraction of sp³-hybridized carbons (Fsp3) is 0.400. The van der Waals surface area contributed by atoms with Crippen LogP contribution in [-0.4, -0.2) is 39.1 Å². The molecule has 1 heterocycles. The molecule has 0 saturated heterocycles. The maximum absolute atomic E-state index is 11.5. The number of ketones is 1. The molecule has 6 nitrogen and oxygen atoms in total. The number of Topliss-reactive ketones (excluding diaryl/α,β-unsaturated/α-hetero) is 1. The number of aromatic nitrogens is 3. The third kappa shape index (κ3) is 3.88. The van der Waals surface area contributed by atoms with Gasteiger partial charge in [-0.2, -0.15) is 0 Å². The van der Waals surface area contributed by atoms with Crippen molar-refractivity contribution in [2.75, 3.05) is 13.2 Å². The molecule has 2 rings (SSSR count). The lowest BCUT2D eigenvalue weighted by molar-refractivity contribution is 0.101. The smallest absolute Gasteiger partial charge is 0.159 e. The van der Waals surface area contributed by atoms with E-state index >= 15 is 0 Å². The second-order valence-corrected chi connectivity index (χ2v) is 4.69. The topological polar surface area (TPSA) is 77.2 Å². The first-order valence-corrected chi connectivity index (χ1v) is 6.90. The lowest BCUT2D eigenvalue weighted by atomic mass is 10.1. The molecule has 0 radical (unpaired) electrons. The molecule has 0 fully saturated rings. The number of carbonyl (C=O) groups is 1. The monoisotopic (exact) mass is 289 g/mol. The van der Waals surface area contributed by atoms with Gasteiger partial charge in [-0.1, -0.05) is 5.21 Å². The van der Waals surface area contributed by atoms with Crippen LogP contribution in [-0.2, 0) is 13.0 Å². The Bertz CT molecular complexity index is 622. The average molecular weight is 289 g/mol. The molecule has 0 amide bonds. The molecule has 6 heteroatoms. The summed E-state index contributed by atoms with van der Waals surface area (Å²) in [5.41, 5.74) is 2.26. The molecule has 0 aliphatic heterocycles. The maximum atomic E-state index is 11.5. The molecule has 0 saturated carbocycles. The quantitative estimate of drug-likeness (QED) is 0.781. The number of carbonyl (C=O) groups excluding carboxylic acids is 1. The van der Waals surface area contributed by atoms with Gasteiger partial charge in [0.15, 0.2) is 5.78 Å². The summed E-state index contributed by atoms with van der Waals surface area (Å²) in [5, 5.41) is 16.9. The summed E-state index contributed by atoms with van der Waals surface area (Å²) in [4.78, 5) is 11.5. The minimum absolute atomic E-state index is 0.0128. The lowest BCUT2D eigenvalue weighted by Crippen LogP contribution is -2.06. The second kappa shape index (κ2) is 6.99.